The van der Waals surface area contributed by atoms with Crippen molar-refractivity contribution < 1.29 is 22.4 Å². The highest BCUT2D eigenvalue weighted by atomic mass is 32.1. The molecule has 1 amide bonds. The van der Waals surface area contributed by atoms with Crippen molar-refractivity contribution in [2.45, 2.75) is 20.0 Å². The molecule has 0 saturated carbocycles. The average Bonchev–Trinajstić information content (AvgIpc) is 3.26. The summed E-state index contributed by atoms with van der Waals surface area (Å²) in [7, 11) is 0. The van der Waals surface area contributed by atoms with Crippen LogP contribution in [0.15, 0.2) is 30.3 Å². The van der Waals surface area contributed by atoms with E-state index in [0.29, 0.717) is 22.5 Å². The maximum absolute atomic E-state index is 14.3. The first-order valence-corrected chi connectivity index (χ1v) is 9.30. The van der Waals surface area contributed by atoms with E-state index in [9.17, 15) is 22.4 Å². The number of hydrogen-bond donors (Lipinski definition) is 1. The van der Waals surface area contributed by atoms with Crippen LogP contribution in [0.4, 0.5) is 23.2 Å². The fraction of sp³-hybridized carbons (Fsp3) is 0.167. The van der Waals surface area contributed by atoms with Gasteiger partial charge in [0.15, 0.2) is 5.82 Å². The number of aromatic nitrogens is 5. The molecule has 1 N–H and O–H groups in total. The van der Waals surface area contributed by atoms with Gasteiger partial charge in [-0.2, -0.15) is 17.9 Å². The lowest BCUT2D eigenvalue weighted by Gasteiger charge is -2.09. The maximum atomic E-state index is 14.3. The predicted octanol–water partition coefficient (Wildman–Crippen LogP) is 4.30. The van der Waals surface area contributed by atoms with Crippen LogP contribution in [0, 0.1) is 19.7 Å². The van der Waals surface area contributed by atoms with Crippen LogP contribution in [0.5, 0.6) is 0 Å². The third-order valence-corrected chi connectivity index (χ3v) is 5.57. The Morgan fingerprint density at radius 2 is 1.93 bits per heavy atom. The zero-order valence-electron chi connectivity index (χ0n) is 15.5. The molecule has 0 bridgehead atoms. The SMILES string of the molecule is Cc1c(C(=O)Nc2cc(-n3nnnc3C)ccc2F)sc2nc(C(F)(F)F)ccc12. The van der Waals surface area contributed by atoms with Crippen molar-refractivity contribution in [3.8, 4) is 5.69 Å². The van der Waals surface area contributed by atoms with Gasteiger partial charge in [0.25, 0.3) is 5.91 Å². The molecule has 12 heteroatoms. The lowest BCUT2D eigenvalue weighted by atomic mass is 10.1. The number of tetrazole rings is 1. The Bertz CT molecular complexity index is 1280. The van der Waals surface area contributed by atoms with Gasteiger partial charge in [-0.1, -0.05) is 0 Å². The number of carbonyl (C=O) groups is 1. The smallest absolute Gasteiger partial charge is 0.319 e. The third kappa shape index (κ3) is 3.49. The molecule has 4 aromatic rings. The molecule has 0 aliphatic rings. The molecule has 0 unspecified atom stereocenters. The number of alkyl halides is 3. The van der Waals surface area contributed by atoms with Crippen LogP contribution in [0.25, 0.3) is 15.9 Å². The number of anilines is 1. The van der Waals surface area contributed by atoms with Gasteiger partial charge in [0.05, 0.1) is 16.3 Å². The minimum atomic E-state index is -4.59. The van der Waals surface area contributed by atoms with Gasteiger partial charge >= 0.3 is 6.18 Å². The highest BCUT2D eigenvalue weighted by molar-refractivity contribution is 7.20. The van der Waals surface area contributed by atoms with E-state index in [1.54, 1.807) is 13.8 Å². The summed E-state index contributed by atoms with van der Waals surface area (Å²) in [6.07, 6.45) is -4.59. The topological polar surface area (TPSA) is 85.6 Å². The minimum absolute atomic E-state index is 0.0750. The van der Waals surface area contributed by atoms with E-state index < -0.39 is 23.6 Å². The van der Waals surface area contributed by atoms with Crippen molar-refractivity contribution in [2.24, 2.45) is 0 Å². The molecule has 7 nitrogen and oxygen atoms in total. The summed E-state index contributed by atoms with van der Waals surface area (Å²) in [5.41, 5.74) is -0.271. The first-order chi connectivity index (χ1) is 14.1. The van der Waals surface area contributed by atoms with Gasteiger partial charge in [-0.25, -0.2) is 9.37 Å². The molecule has 0 atom stereocenters. The van der Waals surface area contributed by atoms with Crippen molar-refractivity contribution in [3.63, 3.8) is 0 Å². The zero-order valence-corrected chi connectivity index (χ0v) is 16.3. The molecular formula is C18H12F4N6OS. The maximum Gasteiger partial charge on any atom is 0.433 e. The van der Waals surface area contributed by atoms with Crippen LogP contribution in [-0.2, 0) is 6.18 Å². The van der Waals surface area contributed by atoms with Gasteiger partial charge in [-0.05, 0) is 60.2 Å². The number of nitrogens with one attached hydrogen (secondary N) is 1. The van der Waals surface area contributed by atoms with E-state index in [2.05, 4.69) is 25.8 Å². The quantitative estimate of drug-likeness (QED) is 0.484. The van der Waals surface area contributed by atoms with Crippen LogP contribution in [-0.4, -0.2) is 31.1 Å². The Morgan fingerprint density at radius 3 is 2.60 bits per heavy atom. The van der Waals surface area contributed by atoms with Gasteiger partial charge in [0, 0.05) is 5.39 Å². The monoisotopic (exact) mass is 436 g/mol. The lowest BCUT2D eigenvalue weighted by molar-refractivity contribution is -0.140. The Labute approximate surface area is 170 Å². The second-order valence-electron chi connectivity index (χ2n) is 6.36. The summed E-state index contributed by atoms with van der Waals surface area (Å²) >= 11 is 0.809. The predicted molar refractivity (Wildman–Crippen MR) is 101 cm³/mol. The Hall–Kier alpha value is -3.41. The number of amides is 1. The number of aryl methyl sites for hydroxylation is 2. The first-order valence-electron chi connectivity index (χ1n) is 8.49. The van der Waals surface area contributed by atoms with Crippen molar-refractivity contribution >= 4 is 33.1 Å². The molecule has 0 spiro atoms. The minimum Gasteiger partial charge on any atom is -0.319 e. The molecule has 1 aromatic carbocycles. The molecule has 0 radical (unpaired) electrons. The van der Waals surface area contributed by atoms with Crippen LogP contribution >= 0.6 is 11.3 Å². The number of carbonyl (C=O) groups excluding carboxylic acids is 1. The molecular weight excluding hydrogens is 424 g/mol. The van der Waals surface area contributed by atoms with Crippen LogP contribution in [0.3, 0.4) is 0 Å². The Morgan fingerprint density at radius 1 is 1.17 bits per heavy atom. The molecule has 0 aliphatic heterocycles. The lowest BCUT2D eigenvalue weighted by Crippen LogP contribution is -2.13. The summed E-state index contributed by atoms with van der Waals surface area (Å²) in [5.74, 6) is -0.881. The molecule has 0 saturated heterocycles. The van der Waals surface area contributed by atoms with E-state index in [1.807, 2.05) is 0 Å². The van der Waals surface area contributed by atoms with Crippen molar-refractivity contribution in [1.29, 1.82) is 0 Å². The van der Waals surface area contributed by atoms with Crippen molar-refractivity contribution in [1.82, 2.24) is 25.2 Å². The van der Waals surface area contributed by atoms with Gasteiger partial charge in [0.2, 0.25) is 0 Å². The van der Waals surface area contributed by atoms with Gasteiger partial charge in [-0.3, -0.25) is 4.79 Å². The number of pyridine rings is 1. The average molecular weight is 436 g/mol. The van der Waals surface area contributed by atoms with Crippen LogP contribution in [0.1, 0.15) is 26.8 Å². The van der Waals surface area contributed by atoms with Gasteiger partial charge in [-0.15, -0.1) is 16.4 Å². The normalized spacial score (nSPS) is 11.8. The summed E-state index contributed by atoms with van der Waals surface area (Å²) < 4.78 is 54.3. The third-order valence-electron chi connectivity index (χ3n) is 4.37. The van der Waals surface area contributed by atoms with Crippen molar-refractivity contribution in [2.75, 3.05) is 5.32 Å². The fourth-order valence-corrected chi connectivity index (χ4v) is 3.94. The summed E-state index contributed by atoms with van der Waals surface area (Å²) in [6, 6.07) is 6.10. The highest BCUT2D eigenvalue weighted by Gasteiger charge is 2.33. The molecule has 154 valence electrons. The van der Waals surface area contributed by atoms with Gasteiger partial charge < -0.3 is 5.32 Å². The molecule has 0 aliphatic carbocycles. The van der Waals surface area contributed by atoms with Crippen LogP contribution in [0.2, 0.25) is 0 Å². The number of hydrogen-bond acceptors (Lipinski definition) is 6. The standard InChI is InChI=1S/C18H12F4N6OS/c1-8-11-4-6-14(18(20,21)22)24-17(11)30-15(8)16(29)23-13-7-10(3-5-12(13)19)28-9(2)25-26-27-28/h3-7H,1-2H3,(H,23,29). The summed E-state index contributed by atoms with van der Waals surface area (Å²) in [6.45, 7) is 3.25. The summed E-state index contributed by atoms with van der Waals surface area (Å²) in [4.78, 5) is 16.6. The van der Waals surface area contributed by atoms with E-state index in [4.69, 9.17) is 0 Å². The molecule has 0 fully saturated rings. The van der Waals surface area contributed by atoms with E-state index in [-0.39, 0.29) is 15.4 Å². The highest BCUT2D eigenvalue weighted by Crippen LogP contribution is 2.34. The number of benzene rings is 1. The zero-order chi connectivity index (χ0) is 21.6. The Balaban J connectivity index is 1.68. The number of nitrogens with zero attached hydrogens (tertiary/aromatic N) is 5. The van der Waals surface area contributed by atoms with Crippen molar-refractivity contribution in [3.05, 3.63) is 58.1 Å². The van der Waals surface area contributed by atoms with E-state index in [1.165, 1.54) is 22.9 Å². The number of rotatable bonds is 3. The first kappa shape index (κ1) is 19.9. The van der Waals surface area contributed by atoms with E-state index >= 15 is 0 Å². The molecule has 3 aromatic heterocycles. The second-order valence-corrected chi connectivity index (χ2v) is 7.36. The Kier molecular flexibility index (Phi) is 4.73. The fourth-order valence-electron chi connectivity index (χ4n) is 2.86. The number of halogens is 4. The van der Waals surface area contributed by atoms with Crippen LogP contribution < -0.4 is 5.32 Å². The second kappa shape index (κ2) is 7.13. The van der Waals surface area contributed by atoms with Gasteiger partial charge in [0.1, 0.15) is 16.3 Å². The number of thiophene rings is 1. The molecule has 4 rings (SSSR count). The van der Waals surface area contributed by atoms with E-state index in [0.717, 1.165) is 23.5 Å². The molecule has 3 heterocycles. The summed E-state index contributed by atoms with van der Waals surface area (Å²) in [5, 5.41) is 13.9. The largest absolute Gasteiger partial charge is 0.433 e. The number of fused-ring (bicyclic) bond motifs is 1. The molecule has 30 heavy (non-hydrogen) atoms.